The highest BCUT2D eigenvalue weighted by Gasteiger charge is 2.27. The second kappa shape index (κ2) is 8.71. The minimum Gasteiger partial charge on any atom is -0.349 e. The van der Waals surface area contributed by atoms with Gasteiger partial charge in [-0.25, -0.2) is 8.42 Å². The van der Waals surface area contributed by atoms with Crippen molar-refractivity contribution in [3.05, 3.63) is 29.3 Å². The van der Waals surface area contributed by atoms with Crippen molar-refractivity contribution in [3.8, 4) is 0 Å². The van der Waals surface area contributed by atoms with Crippen LogP contribution in [-0.4, -0.2) is 62.8 Å². The Kier molecular flexibility index (Phi) is 6.55. The Hall–Kier alpha value is -1.44. The molecule has 1 aromatic rings. The summed E-state index contributed by atoms with van der Waals surface area (Å²) in [7, 11) is -1.47. The van der Waals surface area contributed by atoms with E-state index in [-0.39, 0.29) is 16.8 Å². The standard InChI is InChI=1S/C20H31N3O3S/c1-16-7-8-18(27(25,26)23-11-5-3-4-6-12-23)15-19(16)20(24)21-17-9-13-22(2)14-10-17/h7-8,15,17H,3-6,9-14H2,1-2H3,(H,21,24). The van der Waals surface area contributed by atoms with Crippen molar-refractivity contribution in [2.24, 2.45) is 0 Å². The maximum atomic E-state index is 13.0. The molecule has 2 aliphatic rings. The van der Waals surface area contributed by atoms with Crippen molar-refractivity contribution >= 4 is 15.9 Å². The van der Waals surface area contributed by atoms with Crippen LogP contribution in [0.3, 0.4) is 0 Å². The van der Waals surface area contributed by atoms with Gasteiger partial charge >= 0.3 is 0 Å². The van der Waals surface area contributed by atoms with Crippen LogP contribution in [0.5, 0.6) is 0 Å². The van der Waals surface area contributed by atoms with Crippen LogP contribution in [-0.2, 0) is 10.0 Å². The molecule has 0 aliphatic carbocycles. The molecular weight excluding hydrogens is 362 g/mol. The number of piperidine rings is 1. The number of nitrogens with one attached hydrogen (secondary N) is 1. The first kappa shape index (κ1) is 20.3. The molecule has 27 heavy (non-hydrogen) atoms. The zero-order chi connectivity index (χ0) is 19.4. The second-order valence-electron chi connectivity index (χ2n) is 7.85. The molecule has 1 amide bonds. The molecule has 2 aliphatic heterocycles. The SMILES string of the molecule is Cc1ccc(S(=O)(=O)N2CCCCCC2)cc1C(=O)NC1CCN(C)CC1. The fourth-order valence-corrected chi connectivity index (χ4v) is 5.40. The van der Waals surface area contributed by atoms with Gasteiger partial charge in [-0.05, 0) is 70.4 Å². The monoisotopic (exact) mass is 393 g/mol. The Morgan fingerprint density at radius 1 is 1.04 bits per heavy atom. The first-order valence-electron chi connectivity index (χ1n) is 9.98. The molecule has 0 saturated carbocycles. The zero-order valence-electron chi connectivity index (χ0n) is 16.4. The quantitative estimate of drug-likeness (QED) is 0.853. The van der Waals surface area contributed by atoms with E-state index in [1.54, 1.807) is 22.5 Å². The molecule has 2 fully saturated rings. The topological polar surface area (TPSA) is 69.7 Å². The summed E-state index contributed by atoms with van der Waals surface area (Å²) in [6, 6.07) is 5.08. The maximum Gasteiger partial charge on any atom is 0.251 e. The number of amides is 1. The molecule has 150 valence electrons. The third kappa shape index (κ3) is 4.89. The van der Waals surface area contributed by atoms with Gasteiger partial charge in [0.15, 0.2) is 0 Å². The lowest BCUT2D eigenvalue weighted by molar-refractivity contribution is 0.0916. The first-order chi connectivity index (χ1) is 12.9. The number of sulfonamides is 1. The predicted octanol–water partition coefficient (Wildman–Crippen LogP) is 2.38. The molecule has 1 aromatic carbocycles. The van der Waals surface area contributed by atoms with Crippen molar-refractivity contribution in [1.82, 2.24) is 14.5 Å². The normalized spacial score (nSPS) is 21.0. The summed E-state index contributed by atoms with van der Waals surface area (Å²) < 4.78 is 27.7. The lowest BCUT2D eigenvalue weighted by atomic mass is 10.0. The van der Waals surface area contributed by atoms with Crippen LogP contribution in [0.25, 0.3) is 0 Å². The Bertz CT molecular complexity index is 763. The van der Waals surface area contributed by atoms with E-state index in [0.29, 0.717) is 18.7 Å². The van der Waals surface area contributed by atoms with Gasteiger partial charge in [-0.15, -0.1) is 0 Å². The van der Waals surface area contributed by atoms with Crippen molar-refractivity contribution in [3.63, 3.8) is 0 Å². The number of hydrogen-bond acceptors (Lipinski definition) is 4. The summed E-state index contributed by atoms with van der Waals surface area (Å²) in [6.07, 6.45) is 5.79. The highest BCUT2D eigenvalue weighted by Crippen LogP contribution is 2.23. The zero-order valence-corrected chi connectivity index (χ0v) is 17.2. The number of likely N-dealkylation sites (tertiary alicyclic amines) is 1. The van der Waals surface area contributed by atoms with Gasteiger partial charge in [0.25, 0.3) is 5.91 Å². The molecule has 0 aromatic heterocycles. The number of carbonyl (C=O) groups is 1. The highest BCUT2D eigenvalue weighted by molar-refractivity contribution is 7.89. The molecule has 3 rings (SSSR count). The average Bonchev–Trinajstić information content (AvgIpc) is 2.94. The van der Waals surface area contributed by atoms with E-state index in [1.807, 2.05) is 6.92 Å². The summed E-state index contributed by atoms with van der Waals surface area (Å²) in [6.45, 7) is 4.91. The summed E-state index contributed by atoms with van der Waals surface area (Å²) in [5, 5.41) is 3.09. The number of aryl methyl sites for hydroxylation is 1. The molecule has 0 spiro atoms. The number of carbonyl (C=O) groups excluding carboxylic acids is 1. The van der Waals surface area contributed by atoms with Gasteiger partial charge in [-0.1, -0.05) is 18.9 Å². The average molecular weight is 394 g/mol. The molecule has 6 nitrogen and oxygen atoms in total. The van der Waals surface area contributed by atoms with Crippen LogP contribution in [0.15, 0.2) is 23.1 Å². The first-order valence-corrected chi connectivity index (χ1v) is 11.4. The minimum atomic E-state index is -3.55. The molecular formula is C20H31N3O3S. The third-order valence-corrected chi connectivity index (χ3v) is 7.60. The number of hydrogen-bond donors (Lipinski definition) is 1. The summed E-state index contributed by atoms with van der Waals surface area (Å²) in [5.74, 6) is -0.171. The van der Waals surface area contributed by atoms with E-state index in [1.165, 1.54) is 0 Å². The van der Waals surface area contributed by atoms with E-state index >= 15 is 0 Å². The lowest BCUT2D eigenvalue weighted by Gasteiger charge is -2.29. The molecule has 2 saturated heterocycles. The van der Waals surface area contributed by atoms with Crippen molar-refractivity contribution in [2.45, 2.75) is 56.4 Å². The maximum absolute atomic E-state index is 13.0. The largest absolute Gasteiger partial charge is 0.349 e. The predicted molar refractivity (Wildman–Crippen MR) is 106 cm³/mol. The van der Waals surface area contributed by atoms with Crippen LogP contribution in [0.4, 0.5) is 0 Å². The van der Waals surface area contributed by atoms with Gasteiger partial charge in [-0.3, -0.25) is 4.79 Å². The molecule has 0 radical (unpaired) electrons. The van der Waals surface area contributed by atoms with Crippen molar-refractivity contribution < 1.29 is 13.2 Å². The molecule has 2 heterocycles. The Morgan fingerprint density at radius 3 is 2.30 bits per heavy atom. The molecule has 7 heteroatoms. The third-order valence-electron chi connectivity index (χ3n) is 5.71. The summed E-state index contributed by atoms with van der Waals surface area (Å²) in [5.41, 5.74) is 1.26. The fourth-order valence-electron chi connectivity index (χ4n) is 3.85. The smallest absolute Gasteiger partial charge is 0.251 e. The summed E-state index contributed by atoms with van der Waals surface area (Å²) >= 11 is 0. The second-order valence-corrected chi connectivity index (χ2v) is 9.78. The van der Waals surface area contributed by atoms with Crippen LogP contribution in [0.1, 0.15) is 54.4 Å². The Labute approximate surface area is 163 Å². The molecule has 0 unspecified atom stereocenters. The van der Waals surface area contributed by atoms with Crippen LogP contribution < -0.4 is 5.32 Å². The number of nitrogens with zero attached hydrogens (tertiary/aromatic N) is 2. The van der Waals surface area contributed by atoms with Crippen LogP contribution >= 0.6 is 0 Å². The number of benzene rings is 1. The van der Waals surface area contributed by atoms with Gasteiger partial charge in [0.05, 0.1) is 4.90 Å². The van der Waals surface area contributed by atoms with Gasteiger partial charge in [0, 0.05) is 24.7 Å². The number of rotatable bonds is 4. The molecule has 0 atom stereocenters. The van der Waals surface area contributed by atoms with E-state index in [0.717, 1.165) is 57.2 Å². The van der Waals surface area contributed by atoms with Gasteiger partial charge in [-0.2, -0.15) is 4.31 Å². The van der Waals surface area contributed by atoms with Gasteiger partial charge in [0.2, 0.25) is 10.0 Å². The van der Waals surface area contributed by atoms with E-state index in [4.69, 9.17) is 0 Å². The van der Waals surface area contributed by atoms with Crippen molar-refractivity contribution in [1.29, 1.82) is 0 Å². The Balaban J connectivity index is 1.78. The Morgan fingerprint density at radius 2 is 1.67 bits per heavy atom. The molecule has 1 N–H and O–H groups in total. The van der Waals surface area contributed by atoms with Gasteiger partial charge in [0.1, 0.15) is 0 Å². The van der Waals surface area contributed by atoms with Crippen LogP contribution in [0.2, 0.25) is 0 Å². The fraction of sp³-hybridized carbons (Fsp3) is 0.650. The van der Waals surface area contributed by atoms with E-state index in [9.17, 15) is 13.2 Å². The van der Waals surface area contributed by atoms with Crippen LogP contribution in [0, 0.1) is 6.92 Å². The highest BCUT2D eigenvalue weighted by atomic mass is 32.2. The summed E-state index contributed by atoms with van der Waals surface area (Å²) in [4.78, 5) is 15.3. The molecule has 0 bridgehead atoms. The van der Waals surface area contributed by atoms with Crippen molar-refractivity contribution in [2.75, 3.05) is 33.2 Å². The van der Waals surface area contributed by atoms with E-state index in [2.05, 4.69) is 17.3 Å². The van der Waals surface area contributed by atoms with E-state index < -0.39 is 10.0 Å². The lowest BCUT2D eigenvalue weighted by Crippen LogP contribution is -2.43. The minimum absolute atomic E-state index is 0.152. The van der Waals surface area contributed by atoms with Gasteiger partial charge < -0.3 is 10.2 Å².